The number of halogens is 1. The Morgan fingerprint density at radius 3 is 2.63 bits per heavy atom. The van der Waals surface area contributed by atoms with E-state index in [9.17, 15) is 4.79 Å². The Labute approximate surface area is 197 Å². The molecule has 1 aliphatic carbocycles. The van der Waals surface area contributed by atoms with Crippen molar-refractivity contribution in [1.29, 1.82) is 0 Å². The van der Waals surface area contributed by atoms with Gasteiger partial charge in [-0.2, -0.15) is 0 Å². The fourth-order valence-corrected chi connectivity index (χ4v) is 3.70. The maximum absolute atomic E-state index is 11.7. The second-order valence-corrected chi connectivity index (χ2v) is 7.83. The Kier molecular flexibility index (Phi) is 10.7. The molecule has 1 aliphatic heterocycles. The van der Waals surface area contributed by atoms with E-state index in [1.54, 1.807) is 0 Å². The van der Waals surface area contributed by atoms with E-state index in [0.29, 0.717) is 12.1 Å². The van der Waals surface area contributed by atoms with Gasteiger partial charge in [-0.3, -0.25) is 14.7 Å². The third-order valence-corrected chi connectivity index (χ3v) is 5.58. The molecule has 1 amide bonds. The lowest BCUT2D eigenvalue weighted by Gasteiger charge is -2.24. The van der Waals surface area contributed by atoms with Gasteiger partial charge in [0, 0.05) is 32.2 Å². The first-order valence-corrected chi connectivity index (χ1v) is 10.9. The number of ether oxygens (including phenoxy) is 1. The standard InChI is InChI=1S/C22H35N5O2.HI/c1-3-27-14-4-5-19(27)15-25-22(23-2)24-13-12-17-6-10-20(11-7-17)29-16-21(28)26-18-8-9-18;/h6-7,10-11,18-19H,3-5,8-9,12-16H2,1-2H3,(H,26,28)(H2,23,24,25);1H. The summed E-state index contributed by atoms with van der Waals surface area (Å²) < 4.78 is 5.55. The van der Waals surface area contributed by atoms with Crippen molar-refractivity contribution in [3.8, 4) is 5.75 Å². The van der Waals surface area contributed by atoms with Crippen molar-refractivity contribution < 1.29 is 9.53 Å². The molecule has 8 heteroatoms. The molecule has 2 aliphatic rings. The summed E-state index contributed by atoms with van der Waals surface area (Å²) in [4.78, 5) is 18.5. The average molecular weight is 529 g/mol. The molecule has 0 aromatic heterocycles. The summed E-state index contributed by atoms with van der Waals surface area (Å²) in [5.74, 6) is 1.54. The zero-order valence-electron chi connectivity index (χ0n) is 18.2. The predicted molar refractivity (Wildman–Crippen MR) is 132 cm³/mol. The first-order chi connectivity index (χ1) is 14.2. The van der Waals surface area contributed by atoms with Gasteiger partial charge in [-0.1, -0.05) is 19.1 Å². The molecule has 1 aromatic carbocycles. The zero-order chi connectivity index (χ0) is 20.5. The highest BCUT2D eigenvalue weighted by Gasteiger charge is 2.23. The number of likely N-dealkylation sites (N-methyl/N-ethyl adjacent to an activating group) is 1. The molecule has 3 rings (SSSR count). The van der Waals surface area contributed by atoms with E-state index in [0.717, 1.165) is 50.6 Å². The highest BCUT2D eigenvalue weighted by molar-refractivity contribution is 14.0. The summed E-state index contributed by atoms with van der Waals surface area (Å²) in [5.41, 5.74) is 1.22. The number of rotatable bonds is 10. The fourth-order valence-electron chi connectivity index (χ4n) is 3.70. The van der Waals surface area contributed by atoms with E-state index in [1.807, 2.05) is 31.3 Å². The SMILES string of the molecule is CCN1CCCC1CNC(=NC)NCCc1ccc(OCC(=O)NC2CC2)cc1.I. The summed E-state index contributed by atoms with van der Waals surface area (Å²) in [5, 5.41) is 9.77. The minimum absolute atomic E-state index is 0. The molecule has 1 unspecified atom stereocenters. The first kappa shape index (κ1) is 24.7. The number of hydrogen-bond acceptors (Lipinski definition) is 4. The van der Waals surface area contributed by atoms with Crippen LogP contribution in [0, 0.1) is 0 Å². The van der Waals surface area contributed by atoms with Crippen LogP contribution >= 0.6 is 24.0 Å². The molecule has 1 saturated carbocycles. The normalized spacial score (nSPS) is 19.1. The van der Waals surface area contributed by atoms with Gasteiger partial charge < -0.3 is 20.7 Å². The maximum atomic E-state index is 11.7. The minimum atomic E-state index is -0.0423. The van der Waals surface area contributed by atoms with Crippen molar-refractivity contribution in [2.45, 2.75) is 51.1 Å². The maximum Gasteiger partial charge on any atom is 0.258 e. The molecule has 1 aromatic rings. The number of likely N-dealkylation sites (tertiary alicyclic amines) is 1. The van der Waals surface area contributed by atoms with Crippen LogP contribution in [0.3, 0.4) is 0 Å². The van der Waals surface area contributed by atoms with Crippen LogP contribution in [-0.2, 0) is 11.2 Å². The van der Waals surface area contributed by atoms with Crippen molar-refractivity contribution in [3.63, 3.8) is 0 Å². The van der Waals surface area contributed by atoms with Crippen LogP contribution in [0.15, 0.2) is 29.3 Å². The summed E-state index contributed by atoms with van der Waals surface area (Å²) in [7, 11) is 1.81. The van der Waals surface area contributed by atoms with Crippen LogP contribution in [0.1, 0.15) is 38.2 Å². The predicted octanol–water partition coefficient (Wildman–Crippen LogP) is 2.15. The first-order valence-electron chi connectivity index (χ1n) is 10.9. The molecule has 7 nitrogen and oxygen atoms in total. The summed E-state index contributed by atoms with van der Waals surface area (Å²) in [6, 6.07) is 8.92. The number of carbonyl (C=O) groups excluding carboxylic acids is 1. The third kappa shape index (κ3) is 8.29. The van der Waals surface area contributed by atoms with Crippen molar-refractivity contribution in [2.75, 3.05) is 39.8 Å². The highest BCUT2D eigenvalue weighted by Crippen LogP contribution is 2.18. The van der Waals surface area contributed by atoms with Crippen LogP contribution in [0.2, 0.25) is 0 Å². The number of hydrogen-bond donors (Lipinski definition) is 3. The molecule has 1 atom stereocenters. The highest BCUT2D eigenvalue weighted by atomic mass is 127. The van der Waals surface area contributed by atoms with Gasteiger partial charge in [-0.05, 0) is 62.9 Å². The number of benzene rings is 1. The fraction of sp³-hybridized carbons (Fsp3) is 0.636. The third-order valence-electron chi connectivity index (χ3n) is 5.58. The van der Waals surface area contributed by atoms with E-state index in [1.165, 1.54) is 24.9 Å². The summed E-state index contributed by atoms with van der Waals surface area (Å²) >= 11 is 0. The van der Waals surface area contributed by atoms with Crippen molar-refractivity contribution in [1.82, 2.24) is 20.9 Å². The van der Waals surface area contributed by atoms with E-state index < -0.39 is 0 Å². The number of aliphatic imine (C=N–C) groups is 1. The smallest absolute Gasteiger partial charge is 0.258 e. The lowest BCUT2D eigenvalue weighted by atomic mass is 10.1. The Hall–Kier alpha value is -1.55. The van der Waals surface area contributed by atoms with E-state index >= 15 is 0 Å². The zero-order valence-corrected chi connectivity index (χ0v) is 20.5. The second kappa shape index (κ2) is 13.0. The van der Waals surface area contributed by atoms with Crippen LogP contribution < -0.4 is 20.7 Å². The molecule has 1 saturated heterocycles. The quantitative estimate of drug-likeness (QED) is 0.246. The van der Waals surface area contributed by atoms with Crippen LogP contribution in [0.5, 0.6) is 5.75 Å². The second-order valence-electron chi connectivity index (χ2n) is 7.83. The summed E-state index contributed by atoms with van der Waals surface area (Å²) in [6.07, 6.45) is 5.62. The average Bonchev–Trinajstić information content (AvgIpc) is 3.43. The number of amides is 1. The number of carbonyl (C=O) groups is 1. The monoisotopic (exact) mass is 529 g/mol. The lowest BCUT2D eigenvalue weighted by Crippen LogP contribution is -2.45. The van der Waals surface area contributed by atoms with Gasteiger partial charge in [0.2, 0.25) is 0 Å². The molecule has 0 bridgehead atoms. The molecule has 0 radical (unpaired) electrons. The van der Waals surface area contributed by atoms with Crippen LogP contribution in [0.25, 0.3) is 0 Å². The molecular weight excluding hydrogens is 493 g/mol. The molecule has 168 valence electrons. The van der Waals surface area contributed by atoms with Gasteiger partial charge in [0.25, 0.3) is 5.91 Å². The van der Waals surface area contributed by atoms with Crippen LogP contribution in [-0.4, -0.2) is 68.7 Å². The topological polar surface area (TPSA) is 78.0 Å². The Morgan fingerprint density at radius 2 is 1.97 bits per heavy atom. The van der Waals surface area contributed by atoms with Gasteiger partial charge in [-0.25, -0.2) is 0 Å². The Balaban J connectivity index is 0.00000320. The van der Waals surface area contributed by atoms with E-state index in [4.69, 9.17) is 4.74 Å². The number of nitrogens with zero attached hydrogens (tertiary/aromatic N) is 2. The Bertz CT molecular complexity index is 679. The molecule has 0 spiro atoms. The largest absolute Gasteiger partial charge is 0.484 e. The molecule has 2 fully saturated rings. The van der Waals surface area contributed by atoms with E-state index in [2.05, 4.69) is 32.8 Å². The minimum Gasteiger partial charge on any atom is -0.484 e. The van der Waals surface area contributed by atoms with Crippen molar-refractivity contribution >= 4 is 35.8 Å². The van der Waals surface area contributed by atoms with Crippen molar-refractivity contribution in [2.24, 2.45) is 4.99 Å². The van der Waals surface area contributed by atoms with Crippen molar-refractivity contribution in [3.05, 3.63) is 29.8 Å². The molecule has 3 N–H and O–H groups in total. The molecule has 1 heterocycles. The van der Waals surface area contributed by atoms with Gasteiger partial charge in [0.1, 0.15) is 5.75 Å². The molecule has 30 heavy (non-hydrogen) atoms. The summed E-state index contributed by atoms with van der Waals surface area (Å²) in [6.45, 7) is 6.38. The molecular formula is C22H36IN5O2. The number of nitrogens with one attached hydrogen (secondary N) is 3. The lowest BCUT2D eigenvalue weighted by molar-refractivity contribution is -0.123. The van der Waals surface area contributed by atoms with Gasteiger partial charge in [0.15, 0.2) is 12.6 Å². The van der Waals surface area contributed by atoms with Gasteiger partial charge in [0.05, 0.1) is 0 Å². The van der Waals surface area contributed by atoms with E-state index in [-0.39, 0.29) is 36.5 Å². The Morgan fingerprint density at radius 1 is 1.20 bits per heavy atom. The van der Waals surface area contributed by atoms with Crippen LogP contribution in [0.4, 0.5) is 0 Å². The van der Waals surface area contributed by atoms with Gasteiger partial charge in [-0.15, -0.1) is 24.0 Å². The van der Waals surface area contributed by atoms with Gasteiger partial charge >= 0.3 is 0 Å². The number of guanidine groups is 1.